The molecule has 1 rings (SSSR count). The van der Waals surface area contributed by atoms with Crippen molar-refractivity contribution in [1.82, 2.24) is 4.90 Å². The minimum absolute atomic E-state index is 0.111. The zero-order valence-electron chi connectivity index (χ0n) is 9.73. The number of nitrogens with zero attached hydrogens (tertiary/aromatic N) is 1. The molecule has 0 spiro atoms. The maximum atomic E-state index is 11.1. The number of aliphatic hydroxyl groups excluding tert-OH is 1. The van der Waals surface area contributed by atoms with E-state index in [2.05, 4.69) is 0 Å². The summed E-state index contributed by atoms with van der Waals surface area (Å²) >= 11 is 0. The van der Waals surface area contributed by atoms with Gasteiger partial charge < -0.3 is 15.1 Å². The van der Waals surface area contributed by atoms with Gasteiger partial charge in [-0.05, 0) is 33.6 Å². The topological polar surface area (TPSA) is 60.8 Å². The van der Waals surface area contributed by atoms with Crippen LogP contribution in [-0.4, -0.2) is 39.4 Å². The normalized spacial score (nSPS) is 26.7. The molecule has 4 nitrogen and oxygen atoms in total. The average molecular weight is 215 g/mol. The van der Waals surface area contributed by atoms with Crippen LogP contribution in [-0.2, 0) is 0 Å². The van der Waals surface area contributed by atoms with Crippen molar-refractivity contribution in [3.05, 3.63) is 0 Å². The second-order valence-corrected chi connectivity index (χ2v) is 5.32. The molecule has 0 heterocycles. The van der Waals surface area contributed by atoms with Crippen LogP contribution in [0, 0.1) is 5.92 Å². The highest BCUT2D eigenvalue weighted by Gasteiger charge is 2.33. The zero-order valence-corrected chi connectivity index (χ0v) is 9.73. The van der Waals surface area contributed by atoms with Crippen molar-refractivity contribution >= 4 is 6.09 Å². The first kappa shape index (κ1) is 12.3. The van der Waals surface area contributed by atoms with Crippen LogP contribution in [0.4, 0.5) is 4.79 Å². The third kappa shape index (κ3) is 3.09. The van der Waals surface area contributed by atoms with Crippen molar-refractivity contribution in [3.63, 3.8) is 0 Å². The summed E-state index contributed by atoms with van der Waals surface area (Å²) in [4.78, 5) is 12.5. The van der Waals surface area contributed by atoms with Crippen LogP contribution >= 0.6 is 0 Å². The van der Waals surface area contributed by atoms with Gasteiger partial charge in [-0.25, -0.2) is 4.79 Å². The standard InChI is InChI=1S/C11H21NO3/c1-11(2,3)12(10(14)15)7-8-5-4-6-9(8)13/h8-9,13H,4-7H2,1-3H3,(H,14,15)/t8-,9-/m0/s1. The maximum absolute atomic E-state index is 11.1. The van der Waals surface area contributed by atoms with E-state index in [9.17, 15) is 9.90 Å². The SMILES string of the molecule is CC(C)(C)N(C[C@@H]1CCC[C@@H]1O)C(=O)O. The summed E-state index contributed by atoms with van der Waals surface area (Å²) in [6.45, 7) is 6.08. The molecule has 1 fully saturated rings. The van der Waals surface area contributed by atoms with Crippen LogP contribution in [0.2, 0.25) is 0 Å². The fourth-order valence-corrected chi connectivity index (χ4v) is 2.10. The Hall–Kier alpha value is -0.770. The molecule has 4 heteroatoms. The van der Waals surface area contributed by atoms with E-state index < -0.39 is 11.6 Å². The van der Waals surface area contributed by atoms with Gasteiger partial charge in [0, 0.05) is 18.0 Å². The summed E-state index contributed by atoms with van der Waals surface area (Å²) in [7, 11) is 0. The summed E-state index contributed by atoms with van der Waals surface area (Å²) in [6.07, 6.45) is 1.52. The molecule has 0 aromatic carbocycles. The van der Waals surface area contributed by atoms with E-state index in [1.165, 1.54) is 4.90 Å². The lowest BCUT2D eigenvalue weighted by Gasteiger charge is -2.35. The van der Waals surface area contributed by atoms with Crippen molar-refractivity contribution in [3.8, 4) is 0 Å². The number of hydrogen-bond acceptors (Lipinski definition) is 2. The Bertz CT molecular complexity index is 234. The first-order chi connectivity index (χ1) is 6.82. The summed E-state index contributed by atoms with van der Waals surface area (Å²) in [5.41, 5.74) is -0.395. The van der Waals surface area contributed by atoms with Crippen molar-refractivity contribution in [2.24, 2.45) is 5.92 Å². The summed E-state index contributed by atoms with van der Waals surface area (Å²) in [6, 6.07) is 0. The lowest BCUT2D eigenvalue weighted by molar-refractivity contribution is 0.0599. The molecule has 0 radical (unpaired) electrons. The lowest BCUT2D eigenvalue weighted by Crippen LogP contribution is -2.48. The van der Waals surface area contributed by atoms with Crippen LogP contribution in [0.1, 0.15) is 40.0 Å². The molecule has 1 aliphatic carbocycles. The third-order valence-electron chi connectivity index (χ3n) is 3.08. The molecular formula is C11H21NO3. The molecule has 0 aliphatic heterocycles. The maximum Gasteiger partial charge on any atom is 0.407 e. The van der Waals surface area contributed by atoms with Crippen LogP contribution < -0.4 is 0 Å². The fraction of sp³-hybridized carbons (Fsp3) is 0.909. The van der Waals surface area contributed by atoms with E-state index in [4.69, 9.17) is 5.11 Å². The van der Waals surface area contributed by atoms with Gasteiger partial charge in [-0.15, -0.1) is 0 Å². The van der Waals surface area contributed by atoms with E-state index in [1.54, 1.807) is 0 Å². The summed E-state index contributed by atoms with van der Waals surface area (Å²) in [5.74, 6) is 0.111. The Morgan fingerprint density at radius 3 is 2.33 bits per heavy atom. The Morgan fingerprint density at radius 2 is 2.00 bits per heavy atom. The highest BCUT2D eigenvalue weighted by atomic mass is 16.4. The van der Waals surface area contributed by atoms with Crippen molar-refractivity contribution < 1.29 is 15.0 Å². The fourth-order valence-electron chi connectivity index (χ4n) is 2.10. The quantitative estimate of drug-likeness (QED) is 0.740. The molecule has 1 saturated carbocycles. The Balaban J connectivity index is 2.63. The highest BCUT2D eigenvalue weighted by Crippen LogP contribution is 2.28. The molecule has 2 N–H and O–H groups in total. The van der Waals surface area contributed by atoms with Gasteiger partial charge in [-0.1, -0.05) is 6.42 Å². The lowest BCUT2D eigenvalue weighted by atomic mass is 10.0. The number of rotatable bonds is 2. The smallest absolute Gasteiger partial charge is 0.407 e. The molecule has 0 unspecified atom stereocenters. The van der Waals surface area contributed by atoms with Crippen LogP contribution in [0.5, 0.6) is 0 Å². The summed E-state index contributed by atoms with van der Waals surface area (Å²) < 4.78 is 0. The Morgan fingerprint density at radius 1 is 1.40 bits per heavy atom. The molecule has 0 bridgehead atoms. The molecule has 0 saturated heterocycles. The zero-order chi connectivity index (χ0) is 11.6. The molecule has 1 amide bonds. The largest absolute Gasteiger partial charge is 0.465 e. The highest BCUT2D eigenvalue weighted by molar-refractivity contribution is 5.66. The van der Waals surface area contributed by atoms with Gasteiger partial charge in [0.25, 0.3) is 0 Å². The first-order valence-corrected chi connectivity index (χ1v) is 5.51. The van der Waals surface area contributed by atoms with Crippen molar-refractivity contribution in [2.75, 3.05) is 6.54 Å². The number of carbonyl (C=O) groups is 1. The minimum Gasteiger partial charge on any atom is -0.465 e. The van der Waals surface area contributed by atoms with E-state index >= 15 is 0 Å². The van der Waals surface area contributed by atoms with Gasteiger partial charge in [-0.2, -0.15) is 0 Å². The number of amides is 1. The second-order valence-electron chi connectivity index (χ2n) is 5.32. The first-order valence-electron chi connectivity index (χ1n) is 5.51. The summed E-state index contributed by atoms with van der Waals surface area (Å²) in [5, 5.41) is 18.8. The van der Waals surface area contributed by atoms with Crippen molar-refractivity contribution in [1.29, 1.82) is 0 Å². The van der Waals surface area contributed by atoms with Gasteiger partial charge in [0.05, 0.1) is 6.10 Å². The van der Waals surface area contributed by atoms with Gasteiger partial charge in [-0.3, -0.25) is 0 Å². The van der Waals surface area contributed by atoms with Gasteiger partial charge >= 0.3 is 6.09 Å². The molecule has 0 aromatic rings. The number of carboxylic acid groups (broad SMARTS) is 1. The Kier molecular flexibility index (Phi) is 3.60. The van der Waals surface area contributed by atoms with E-state index in [0.29, 0.717) is 6.54 Å². The van der Waals surface area contributed by atoms with E-state index in [1.807, 2.05) is 20.8 Å². The predicted octanol–water partition coefficient (Wildman–Crippen LogP) is 1.93. The molecule has 88 valence electrons. The average Bonchev–Trinajstić information content (AvgIpc) is 2.44. The molecular weight excluding hydrogens is 194 g/mol. The van der Waals surface area contributed by atoms with Crippen LogP contribution in [0.15, 0.2) is 0 Å². The molecule has 1 aliphatic rings. The van der Waals surface area contributed by atoms with Gasteiger partial charge in [0.2, 0.25) is 0 Å². The van der Waals surface area contributed by atoms with E-state index in [-0.39, 0.29) is 12.0 Å². The number of hydrogen-bond donors (Lipinski definition) is 2. The van der Waals surface area contributed by atoms with Crippen LogP contribution in [0.3, 0.4) is 0 Å². The van der Waals surface area contributed by atoms with E-state index in [0.717, 1.165) is 19.3 Å². The Labute approximate surface area is 90.9 Å². The molecule has 2 atom stereocenters. The number of aliphatic hydroxyl groups is 1. The molecule has 0 aromatic heterocycles. The van der Waals surface area contributed by atoms with Crippen molar-refractivity contribution in [2.45, 2.75) is 51.7 Å². The van der Waals surface area contributed by atoms with Crippen LogP contribution in [0.25, 0.3) is 0 Å². The minimum atomic E-state index is -0.901. The predicted molar refractivity (Wildman–Crippen MR) is 57.8 cm³/mol. The van der Waals surface area contributed by atoms with Gasteiger partial charge in [0.1, 0.15) is 0 Å². The molecule has 15 heavy (non-hydrogen) atoms. The second kappa shape index (κ2) is 4.39. The third-order valence-corrected chi connectivity index (χ3v) is 3.08. The monoisotopic (exact) mass is 215 g/mol. The van der Waals surface area contributed by atoms with Gasteiger partial charge in [0.15, 0.2) is 0 Å².